The van der Waals surface area contributed by atoms with Crippen LogP contribution in [0.2, 0.25) is 5.02 Å². The Morgan fingerprint density at radius 2 is 2.00 bits per heavy atom. The summed E-state index contributed by atoms with van der Waals surface area (Å²) >= 11 is 10.2. The van der Waals surface area contributed by atoms with Crippen LogP contribution in [0.15, 0.2) is 18.2 Å². The number of nitrogens with zero attached hydrogens (tertiary/aromatic N) is 1. The molecule has 4 bridgehead atoms. The van der Waals surface area contributed by atoms with Crippen LogP contribution >= 0.6 is 27.5 Å². The van der Waals surface area contributed by atoms with E-state index in [1.807, 2.05) is 30.1 Å². The summed E-state index contributed by atoms with van der Waals surface area (Å²) in [6.07, 6.45) is 8.27. The minimum Gasteiger partial charge on any atom is -0.496 e. The van der Waals surface area contributed by atoms with Gasteiger partial charge >= 0.3 is 0 Å². The lowest BCUT2D eigenvalue weighted by atomic mass is 9.48. The van der Waals surface area contributed by atoms with E-state index < -0.39 is 0 Å². The van der Waals surface area contributed by atoms with E-state index in [2.05, 4.69) is 15.9 Å². The maximum atomic E-state index is 13.1. The maximum absolute atomic E-state index is 13.1. The van der Waals surface area contributed by atoms with Crippen molar-refractivity contribution >= 4 is 33.4 Å². The average molecular weight is 441 g/mol. The first kappa shape index (κ1) is 18.6. The van der Waals surface area contributed by atoms with Gasteiger partial charge in [0.05, 0.1) is 7.11 Å². The fourth-order valence-corrected chi connectivity index (χ4v) is 7.92. The SMILES string of the molecule is COc1ccc(Cl)cc1CN(C)C(=O)CC12CC3CC(CC(Br)(C3)C1)C2. The van der Waals surface area contributed by atoms with Gasteiger partial charge in [-0.15, -0.1) is 0 Å². The number of amides is 1. The lowest BCUT2D eigenvalue weighted by Crippen LogP contribution is -2.54. The van der Waals surface area contributed by atoms with E-state index in [1.165, 1.54) is 32.1 Å². The van der Waals surface area contributed by atoms with Gasteiger partial charge in [-0.1, -0.05) is 27.5 Å². The highest BCUT2D eigenvalue weighted by Gasteiger charge is 2.57. The molecule has 5 heteroatoms. The van der Waals surface area contributed by atoms with Crippen molar-refractivity contribution in [2.24, 2.45) is 17.3 Å². The second-order valence-electron chi connectivity index (χ2n) is 8.99. The summed E-state index contributed by atoms with van der Waals surface area (Å²) in [4.78, 5) is 14.9. The van der Waals surface area contributed by atoms with Crippen LogP contribution < -0.4 is 4.74 Å². The number of carbonyl (C=O) groups excluding carboxylic acids is 1. The highest BCUT2D eigenvalue weighted by Crippen LogP contribution is 2.65. The summed E-state index contributed by atoms with van der Waals surface area (Å²) in [5.41, 5.74) is 1.16. The van der Waals surface area contributed by atoms with Crippen molar-refractivity contribution in [2.45, 2.75) is 55.8 Å². The Labute approximate surface area is 169 Å². The van der Waals surface area contributed by atoms with Crippen LogP contribution in [0.3, 0.4) is 0 Å². The summed E-state index contributed by atoms with van der Waals surface area (Å²) in [5.74, 6) is 2.64. The molecule has 1 amide bonds. The minimum absolute atomic E-state index is 0.206. The number of rotatable bonds is 5. The van der Waals surface area contributed by atoms with Crippen molar-refractivity contribution in [2.75, 3.05) is 14.2 Å². The van der Waals surface area contributed by atoms with Gasteiger partial charge in [0.1, 0.15) is 5.75 Å². The van der Waals surface area contributed by atoms with Crippen LogP contribution in [0, 0.1) is 17.3 Å². The van der Waals surface area contributed by atoms with Crippen molar-refractivity contribution in [3.05, 3.63) is 28.8 Å². The van der Waals surface area contributed by atoms with Gasteiger partial charge in [0.25, 0.3) is 0 Å². The highest BCUT2D eigenvalue weighted by molar-refractivity contribution is 9.10. The van der Waals surface area contributed by atoms with Crippen molar-refractivity contribution in [1.82, 2.24) is 4.90 Å². The Kier molecular flexibility index (Phi) is 4.80. The van der Waals surface area contributed by atoms with E-state index in [-0.39, 0.29) is 11.3 Å². The molecule has 0 aliphatic heterocycles. The minimum atomic E-state index is 0.206. The predicted molar refractivity (Wildman–Crippen MR) is 108 cm³/mol. The predicted octanol–water partition coefficient (Wildman–Crippen LogP) is 5.43. The van der Waals surface area contributed by atoms with Gasteiger partial charge in [-0.3, -0.25) is 4.79 Å². The van der Waals surface area contributed by atoms with Crippen molar-refractivity contribution in [3.8, 4) is 5.75 Å². The first-order valence-corrected chi connectivity index (χ1v) is 10.7. The van der Waals surface area contributed by atoms with E-state index in [0.29, 0.717) is 22.3 Å². The monoisotopic (exact) mass is 439 g/mol. The molecule has 1 aromatic rings. The zero-order valence-electron chi connectivity index (χ0n) is 15.6. The second kappa shape index (κ2) is 6.70. The topological polar surface area (TPSA) is 29.5 Å². The molecule has 0 spiro atoms. The summed E-state index contributed by atoms with van der Waals surface area (Å²) in [5, 5.41) is 0.670. The fourth-order valence-electron chi connectivity index (χ4n) is 6.21. The molecule has 0 aromatic heterocycles. The smallest absolute Gasteiger partial charge is 0.223 e. The quantitative estimate of drug-likeness (QED) is 0.571. The summed E-state index contributed by atoms with van der Waals surface area (Å²) in [7, 11) is 3.55. The molecule has 0 N–H and O–H groups in total. The standard InChI is InChI=1S/C21H27BrClNO2/c1-24(12-16-6-17(23)3-4-18(16)26-2)19(25)11-20-7-14-5-15(8-20)10-21(22,9-14)13-20/h3-4,6,14-15H,5,7-13H2,1-2H3. The molecule has 142 valence electrons. The van der Waals surface area contributed by atoms with Gasteiger partial charge in [0.15, 0.2) is 0 Å². The molecule has 4 aliphatic rings. The first-order chi connectivity index (χ1) is 12.3. The van der Waals surface area contributed by atoms with E-state index in [9.17, 15) is 4.79 Å². The average Bonchev–Trinajstić information content (AvgIpc) is 2.52. The maximum Gasteiger partial charge on any atom is 0.223 e. The molecular formula is C21H27BrClNO2. The molecule has 1 aromatic carbocycles. The molecular weight excluding hydrogens is 414 g/mol. The summed E-state index contributed by atoms with van der Waals surface area (Å²) in [6, 6.07) is 5.57. The molecule has 4 saturated carbocycles. The summed E-state index contributed by atoms with van der Waals surface area (Å²) < 4.78 is 5.72. The van der Waals surface area contributed by atoms with Crippen LogP contribution in [0.4, 0.5) is 0 Å². The number of alkyl halides is 1. The van der Waals surface area contributed by atoms with Gasteiger partial charge in [0.2, 0.25) is 5.91 Å². The third-order valence-electron chi connectivity index (χ3n) is 6.71. The van der Waals surface area contributed by atoms with Gasteiger partial charge in [-0.2, -0.15) is 0 Å². The van der Waals surface area contributed by atoms with Crippen LogP contribution in [0.25, 0.3) is 0 Å². The van der Waals surface area contributed by atoms with Crippen molar-refractivity contribution in [1.29, 1.82) is 0 Å². The van der Waals surface area contributed by atoms with Gasteiger partial charge in [-0.25, -0.2) is 0 Å². The van der Waals surface area contributed by atoms with E-state index in [4.69, 9.17) is 16.3 Å². The number of halogens is 2. The Bertz CT molecular complexity index is 708. The Hall–Kier alpha value is -0.740. The molecule has 0 radical (unpaired) electrons. The molecule has 3 nitrogen and oxygen atoms in total. The Morgan fingerprint density at radius 3 is 2.62 bits per heavy atom. The number of hydrogen-bond donors (Lipinski definition) is 0. The third kappa shape index (κ3) is 3.52. The van der Waals surface area contributed by atoms with Gasteiger partial charge < -0.3 is 9.64 Å². The largest absolute Gasteiger partial charge is 0.496 e. The van der Waals surface area contributed by atoms with E-state index >= 15 is 0 Å². The molecule has 4 aliphatic carbocycles. The van der Waals surface area contributed by atoms with E-state index in [0.717, 1.165) is 29.6 Å². The van der Waals surface area contributed by atoms with Crippen LogP contribution in [-0.4, -0.2) is 29.3 Å². The van der Waals surface area contributed by atoms with E-state index in [1.54, 1.807) is 7.11 Å². The molecule has 5 rings (SSSR count). The molecule has 0 saturated heterocycles. The van der Waals surface area contributed by atoms with Gasteiger partial charge in [-0.05, 0) is 74.0 Å². The molecule has 4 fully saturated rings. The molecule has 26 heavy (non-hydrogen) atoms. The highest BCUT2D eigenvalue weighted by atomic mass is 79.9. The summed E-state index contributed by atoms with van der Waals surface area (Å²) in [6.45, 7) is 0.533. The molecule has 2 unspecified atom stereocenters. The van der Waals surface area contributed by atoms with Crippen LogP contribution in [0.1, 0.15) is 50.5 Å². The first-order valence-electron chi connectivity index (χ1n) is 9.55. The Morgan fingerprint density at radius 1 is 1.31 bits per heavy atom. The fraction of sp³-hybridized carbons (Fsp3) is 0.667. The van der Waals surface area contributed by atoms with Crippen LogP contribution in [-0.2, 0) is 11.3 Å². The number of hydrogen-bond acceptors (Lipinski definition) is 2. The third-order valence-corrected chi connectivity index (χ3v) is 7.88. The number of methoxy groups -OCH3 is 1. The molecule has 2 atom stereocenters. The number of benzene rings is 1. The lowest BCUT2D eigenvalue weighted by molar-refractivity contribution is -0.137. The zero-order valence-corrected chi connectivity index (χ0v) is 17.9. The van der Waals surface area contributed by atoms with Crippen molar-refractivity contribution < 1.29 is 9.53 Å². The zero-order chi connectivity index (χ0) is 18.5. The lowest BCUT2D eigenvalue weighted by Gasteiger charge is -2.60. The van der Waals surface area contributed by atoms with Gasteiger partial charge in [0, 0.05) is 34.9 Å². The van der Waals surface area contributed by atoms with Crippen molar-refractivity contribution in [3.63, 3.8) is 0 Å². The Balaban J connectivity index is 1.46. The number of ether oxygens (including phenoxy) is 1. The number of carbonyl (C=O) groups is 1. The molecule has 0 heterocycles. The van der Waals surface area contributed by atoms with Crippen LogP contribution in [0.5, 0.6) is 5.75 Å². The normalized spacial score (nSPS) is 34.8. The second-order valence-corrected chi connectivity index (χ2v) is 11.1.